The molecule has 8 heteroatoms. The van der Waals surface area contributed by atoms with E-state index in [0.29, 0.717) is 30.5 Å². The molecule has 0 fully saturated rings. The predicted molar refractivity (Wildman–Crippen MR) is 94.9 cm³/mol. The van der Waals surface area contributed by atoms with E-state index in [0.717, 1.165) is 22.8 Å². The van der Waals surface area contributed by atoms with Crippen LogP contribution < -0.4 is 10.1 Å². The van der Waals surface area contributed by atoms with Gasteiger partial charge in [0.05, 0.1) is 29.0 Å². The van der Waals surface area contributed by atoms with Crippen LogP contribution in [-0.2, 0) is 16.2 Å². The summed E-state index contributed by atoms with van der Waals surface area (Å²) in [6, 6.07) is 3.32. The van der Waals surface area contributed by atoms with Gasteiger partial charge in [-0.2, -0.15) is 11.8 Å². The highest BCUT2D eigenvalue weighted by molar-refractivity contribution is 7.98. The molecule has 25 heavy (non-hydrogen) atoms. The molecule has 0 bridgehead atoms. The molecule has 0 atom stereocenters. The summed E-state index contributed by atoms with van der Waals surface area (Å²) in [5.41, 5.74) is 2.09. The monoisotopic (exact) mass is 363 g/mol. The molecule has 1 amide bonds. The van der Waals surface area contributed by atoms with E-state index in [9.17, 15) is 4.79 Å². The van der Waals surface area contributed by atoms with Crippen molar-refractivity contribution in [2.24, 2.45) is 0 Å². The lowest BCUT2D eigenvalue weighted by Crippen LogP contribution is -2.22. The number of nitrogens with one attached hydrogen (secondary N) is 1. The molecule has 134 valence electrons. The number of aromatic nitrogens is 2. The number of rotatable bonds is 6. The third-order valence-corrected chi connectivity index (χ3v) is 4.42. The van der Waals surface area contributed by atoms with Gasteiger partial charge in [0.25, 0.3) is 5.91 Å². The molecular formula is C17H21N3O4S. The first-order valence-corrected chi connectivity index (χ1v) is 9.17. The average molecular weight is 363 g/mol. The van der Waals surface area contributed by atoms with Crippen molar-refractivity contribution < 1.29 is 18.8 Å². The molecule has 7 nitrogen and oxygen atoms in total. The van der Waals surface area contributed by atoms with Crippen LogP contribution >= 0.6 is 11.8 Å². The second-order valence-electron chi connectivity index (χ2n) is 6.58. The molecule has 1 N–H and O–H groups in total. The predicted octanol–water partition coefficient (Wildman–Crippen LogP) is 3.26. The topological polar surface area (TPSA) is 86.5 Å². The third-order valence-electron chi connectivity index (χ3n) is 3.45. The third kappa shape index (κ3) is 4.73. The van der Waals surface area contributed by atoms with Crippen molar-refractivity contribution in [1.82, 2.24) is 10.1 Å². The highest BCUT2D eigenvalue weighted by Gasteiger charge is 2.23. The van der Waals surface area contributed by atoms with Gasteiger partial charge in [0.1, 0.15) is 6.61 Å². The lowest BCUT2D eigenvalue weighted by molar-refractivity contribution is -0.0168. The summed E-state index contributed by atoms with van der Waals surface area (Å²) < 4.78 is 16.3. The van der Waals surface area contributed by atoms with E-state index in [1.165, 1.54) is 6.20 Å². The van der Waals surface area contributed by atoms with Crippen molar-refractivity contribution in [2.75, 3.05) is 18.5 Å². The summed E-state index contributed by atoms with van der Waals surface area (Å²) in [5, 5.41) is 6.70. The van der Waals surface area contributed by atoms with Gasteiger partial charge in [0, 0.05) is 23.8 Å². The second-order valence-corrected chi connectivity index (χ2v) is 7.56. The van der Waals surface area contributed by atoms with E-state index in [1.54, 1.807) is 23.9 Å². The Labute approximate surface area is 150 Å². The molecule has 3 rings (SSSR count). The molecule has 0 spiro atoms. The highest BCUT2D eigenvalue weighted by Crippen LogP contribution is 2.34. The van der Waals surface area contributed by atoms with Gasteiger partial charge in [-0.15, -0.1) is 0 Å². The fourth-order valence-electron chi connectivity index (χ4n) is 2.22. The van der Waals surface area contributed by atoms with Gasteiger partial charge in [-0.3, -0.25) is 10.1 Å². The van der Waals surface area contributed by atoms with E-state index in [-0.39, 0.29) is 11.5 Å². The number of hydrogen-bond donors (Lipinski definition) is 1. The van der Waals surface area contributed by atoms with Crippen molar-refractivity contribution in [1.29, 1.82) is 0 Å². The van der Waals surface area contributed by atoms with E-state index in [2.05, 4.69) is 15.5 Å². The van der Waals surface area contributed by atoms with Gasteiger partial charge in [-0.1, -0.05) is 5.16 Å². The Morgan fingerprint density at radius 3 is 2.88 bits per heavy atom. The Bertz CT molecular complexity index is 737. The van der Waals surface area contributed by atoms with Gasteiger partial charge in [0.15, 0.2) is 0 Å². The number of carbonyl (C=O) groups is 1. The number of hydrogen-bond acceptors (Lipinski definition) is 7. The van der Waals surface area contributed by atoms with Crippen molar-refractivity contribution in [2.45, 2.75) is 37.9 Å². The number of thioether (sulfide) groups is 1. The summed E-state index contributed by atoms with van der Waals surface area (Å²) in [7, 11) is 0. The molecule has 0 unspecified atom stereocenters. The van der Waals surface area contributed by atoms with Crippen LogP contribution in [0.1, 0.15) is 42.4 Å². The minimum absolute atomic E-state index is 0.196. The normalized spacial score (nSPS) is 13.6. The number of fused-ring (bicyclic) bond motifs is 1. The molecule has 2 aromatic rings. The molecule has 0 aliphatic carbocycles. The standard InChI is InChI=1S/C17H21N3O4S/c1-17(2,3)23-7-6-22-14-5-4-11(8-18-14)15(21)19-16-12-9-25-10-13(12)20-24-16/h4-5,8H,6-7,9-10H2,1-3H3,(H,19,21). The van der Waals surface area contributed by atoms with Crippen LogP contribution in [0.5, 0.6) is 5.88 Å². The van der Waals surface area contributed by atoms with Gasteiger partial charge in [-0.25, -0.2) is 4.98 Å². The maximum absolute atomic E-state index is 12.3. The Hall–Kier alpha value is -2.06. The van der Waals surface area contributed by atoms with Crippen molar-refractivity contribution in [3.8, 4) is 5.88 Å². The zero-order chi connectivity index (χ0) is 17.9. The van der Waals surface area contributed by atoms with Crippen LogP contribution in [0, 0.1) is 0 Å². The zero-order valence-corrected chi connectivity index (χ0v) is 15.3. The molecule has 0 radical (unpaired) electrons. The van der Waals surface area contributed by atoms with E-state index in [4.69, 9.17) is 14.0 Å². The van der Waals surface area contributed by atoms with Gasteiger partial charge in [-0.05, 0) is 26.8 Å². The smallest absolute Gasteiger partial charge is 0.259 e. The first-order chi connectivity index (χ1) is 11.9. The quantitative estimate of drug-likeness (QED) is 0.788. The number of ether oxygens (including phenoxy) is 2. The Morgan fingerprint density at radius 2 is 2.16 bits per heavy atom. The number of amides is 1. The first-order valence-electron chi connectivity index (χ1n) is 8.02. The van der Waals surface area contributed by atoms with Crippen LogP contribution in [0.15, 0.2) is 22.9 Å². The SMILES string of the molecule is CC(C)(C)OCCOc1ccc(C(=O)Nc2onc3c2CSC3)cn1. The fourth-order valence-corrected chi connectivity index (χ4v) is 3.25. The number of anilines is 1. The number of nitrogens with zero attached hydrogens (tertiary/aromatic N) is 2. The van der Waals surface area contributed by atoms with Crippen molar-refractivity contribution in [3.63, 3.8) is 0 Å². The molecule has 2 aromatic heterocycles. The molecule has 1 aliphatic rings. The van der Waals surface area contributed by atoms with Crippen LogP contribution in [-0.4, -0.2) is 34.9 Å². The average Bonchev–Trinajstić information content (AvgIpc) is 3.16. The number of pyridine rings is 1. The van der Waals surface area contributed by atoms with Crippen LogP contribution in [0.2, 0.25) is 0 Å². The first kappa shape index (κ1) is 17.8. The largest absolute Gasteiger partial charge is 0.475 e. The Morgan fingerprint density at radius 1 is 1.32 bits per heavy atom. The Kier molecular flexibility index (Phi) is 5.29. The maximum Gasteiger partial charge on any atom is 0.259 e. The highest BCUT2D eigenvalue weighted by atomic mass is 32.2. The molecule has 0 saturated carbocycles. The molecular weight excluding hydrogens is 342 g/mol. The molecule has 1 aliphatic heterocycles. The lowest BCUT2D eigenvalue weighted by atomic mass is 10.2. The molecule has 0 aromatic carbocycles. The minimum atomic E-state index is -0.286. The fraction of sp³-hybridized carbons (Fsp3) is 0.471. The van der Waals surface area contributed by atoms with Crippen molar-refractivity contribution >= 4 is 23.6 Å². The second kappa shape index (κ2) is 7.45. The van der Waals surface area contributed by atoms with Crippen LogP contribution in [0.25, 0.3) is 0 Å². The minimum Gasteiger partial charge on any atom is -0.475 e. The molecule has 3 heterocycles. The van der Waals surface area contributed by atoms with Gasteiger partial charge in [0.2, 0.25) is 11.8 Å². The van der Waals surface area contributed by atoms with Crippen LogP contribution in [0.4, 0.5) is 5.88 Å². The van der Waals surface area contributed by atoms with E-state index >= 15 is 0 Å². The lowest BCUT2D eigenvalue weighted by Gasteiger charge is -2.19. The Balaban J connectivity index is 1.52. The van der Waals surface area contributed by atoms with E-state index in [1.807, 2.05) is 20.8 Å². The zero-order valence-electron chi connectivity index (χ0n) is 14.5. The van der Waals surface area contributed by atoms with Gasteiger partial charge < -0.3 is 14.0 Å². The summed E-state index contributed by atoms with van der Waals surface area (Å²) in [6.45, 7) is 6.84. The summed E-state index contributed by atoms with van der Waals surface area (Å²) in [4.78, 5) is 16.4. The van der Waals surface area contributed by atoms with Crippen molar-refractivity contribution in [3.05, 3.63) is 35.2 Å². The van der Waals surface area contributed by atoms with E-state index < -0.39 is 0 Å². The summed E-state index contributed by atoms with van der Waals surface area (Å²) >= 11 is 1.75. The summed E-state index contributed by atoms with van der Waals surface area (Å²) in [6.07, 6.45) is 1.47. The van der Waals surface area contributed by atoms with Crippen LogP contribution in [0.3, 0.4) is 0 Å². The summed E-state index contributed by atoms with van der Waals surface area (Å²) in [5.74, 6) is 2.21. The number of carbonyl (C=O) groups excluding carboxylic acids is 1. The van der Waals surface area contributed by atoms with Gasteiger partial charge >= 0.3 is 0 Å². The maximum atomic E-state index is 12.3. The molecule has 0 saturated heterocycles.